The van der Waals surface area contributed by atoms with E-state index in [0.717, 1.165) is 11.2 Å². The van der Waals surface area contributed by atoms with E-state index in [0.29, 0.717) is 11.6 Å². The van der Waals surface area contributed by atoms with Gasteiger partial charge in [0.1, 0.15) is 12.1 Å². The molecule has 0 amide bonds. The van der Waals surface area contributed by atoms with Crippen molar-refractivity contribution in [2.24, 2.45) is 0 Å². The number of benzene rings is 1. The molecule has 1 heterocycles. The van der Waals surface area contributed by atoms with Crippen molar-refractivity contribution in [2.45, 2.75) is 31.7 Å². The van der Waals surface area contributed by atoms with Gasteiger partial charge in [-0.15, -0.1) is 0 Å². The van der Waals surface area contributed by atoms with Crippen LogP contribution in [-0.4, -0.2) is 27.1 Å². The van der Waals surface area contributed by atoms with Crippen molar-refractivity contribution in [3.8, 4) is 0 Å². The third-order valence-corrected chi connectivity index (χ3v) is 3.58. The van der Waals surface area contributed by atoms with Crippen LogP contribution in [0.25, 0.3) is 10.9 Å². The Labute approximate surface area is 110 Å². The van der Waals surface area contributed by atoms with Gasteiger partial charge in [0.2, 0.25) is 0 Å². The number of rotatable bonds is 3. The fourth-order valence-corrected chi connectivity index (χ4v) is 2.57. The molecule has 0 bridgehead atoms. The molecule has 0 radical (unpaired) electrons. The Balaban J connectivity index is 1.98. The summed E-state index contributed by atoms with van der Waals surface area (Å²) in [4.78, 5) is 19.4. The number of fused-ring (bicyclic) bond motifs is 1. The lowest BCUT2D eigenvalue weighted by atomic mass is 10.1. The van der Waals surface area contributed by atoms with E-state index in [1.807, 2.05) is 0 Å². The zero-order valence-electron chi connectivity index (χ0n) is 10.5. The average molecular weight is 257 g/mol. The second-order valence-corrected chi connectivity index (χ2v) is 4.89. The average Bonchev–Trinajstić information content (AvgIpc) is 2.91. The molecule has 2 N–H and O–H groups in total. The van der Waals surface area contributed by atoms with Gasteiger partial charge in [-0.25, -0.2) is 14.8 Å². The maximum atomic E-state index is 10.9. The van der Waals surface area contributed by atoms with Crippen LogP contribution in [0.4, 0.5) is 5.82 Å². The summed E-state index contributed by atoms with van der Waals surface area (Å²) in [6.07, 6.45) is 6.32. The zero-order valence-corrected chi connectivity index (χ0v) is 10.5. The van der Waals surface area contributed by atoms with Crippen LogP contribution in [0.15, 0.2) is 24.5 Å². The largest absolute Gasteiger partial charge is 0.478 e. The Hall–Kier alpha value is -2.17. The van der Waals surface area contributed by atoms with E-state index in [-0.39, 0.29) is 5.56 Å². The molecule has 2 aromatic rings. The molecule has 1 aromatic carbocycles. The number of hydrogen-bond acceptors (Lipinski definition) is 4. The number of nitrogens with zero attached hydrogens (tertiary/aromatic N) is 2. The SMILES string of the molecule is O=C(O)c1ccc2c(NC3CCCC3)ncnc2c1. The van der Waals surface area contributed by atoms with Gasteiger partial charge in [-0.05, 0) is 31.0 Å². The van der Waals surface area contributed by atoms with Gasteiger partial charge in [-0.1, -0.05) is 12.8 Å². The Morgan fingerprint density at radius 2 is 2.05 bits per heavy atom. The van der Waals surface area contributed by atoms with E-state index in [1.54, 1.807) is 18.2 Å². The Morgan fingerprint density at radius 1 is 1.26 bits per heavy atom. The van der Waals surface area contributed by atoms with E-state index in [4.69, 9.17) is 5.11 Å². The first kappa shape index (κ1) is 11.9. The minimum atomic E-state index is -0.939. The lowest BCUT2D eigenvalue weighted by Crippen LogP contribution is -2.15. The Bertz CT molecular complexity index is 621. The van der Waals surface area contributed by atoms with E-state index in [9.17, 15) is 4.79 Å². The molecule has 1 saturated carbocycles. The van der Waals surface area contributed by atoms with Crippen LogP contribution >= 0.6 is 0 Å². The minimum Gasteiger partial charge on any atom is -0.478 e. The predicted octanol–water partition coefficient (Wildman–Crippen LogP) is 2.68. The second-order valence-electron chi connectivity index (χ2n) is 4.89. The molecule has 1 aliphatic rings. The molecule has 0 aliphatic heterocycles. The molecule has 0 saturated heterocycles. The van der Waals surface area contributed by atoms with Crippen molar-refractivity contribution in [1.29, 1.82) is 0 Å². The fourth-order valence-electron chi connectivity index (χ4n) is 2.57. The quantitative estimate of drug-likeness (QED) is 0.884. The highest BCUT2D eigenvalue weighted by atomic mass is 16.4. The van der Waals surface area contributed by atoms with Gasteiger partial charge in [-0.2, -0.15) is 0 Å². The molecule has 98 valence electrons. The summed E-state index contributed by atoms with van der Waals surface area (Å²) in [5, 5.41) is 13.3. The predicted molar refractivity (Wildman–Crippen MR) is 72.4 cm³/mol. The van der Waals surface area contributed by atoms with Crippen molar-refractivity contribution < 1.29 is 9.90 Å². The molecule has 1 aliphatic carbocycles. The van der Waals surface area contributed by atoms with Crippen molar-refractivity contribution in [2.75, 3.05) is 5.32 Å². The summed E-state index contributed by atoms with van der Waals surface area (Å²) < 4.78 is 0. The first-order valence-corrected chi connectivity index (χ1v) is 6.48. The van der Waals surface area contributed by atoms with Gasteiger partial charge in [-0.3, -0.25) is 0 Å². The summed E-state index contributed by atoms with van der Waals surface area (Å²) in [7, 11) is 0. The number of carboxylic acids is 1. The van der Waals surface area contributed by atoms with E-state index < -0.39 is 5.97 Å². The fraction of sp³-hybridized carbons (Fsp3) is 0.357. The van der Waals surface area contributed by atoms with E-state index in [1.165, 1.54) is 32.0 Å². The Morgan fingerprint density at radius 3 is 2.79 bits per heavy atom. The van der Waals surface area contributed by atoms with Crippen LogP contribution < -0.4 is 5.32 Å². The highest BCUT2D eigenvalue weighted by Crippen LogP contribution is 2.25. The Kier molecular flexibility index (Phi) is 3.03. The molecule has 19 heavy (non-hydrogen) atoms. The maximum absolute atomic E-state index is 10.9. The van der Waals surface area contributed by atoms with Gasteiger partial charge in [0.25, 0.3) is 0 Å². The van der Waals surface area contributed by atoms with Crippen LogP contribution in [0.3, 0.4) is 0 Å². The molecular weight excluding hydrogens is 242 g/mol. The summed E-state index contributed by atoms with van der Waals surface area (Å²) in [5.74, 6) is -0.139. The molecule has 3 rings (SSSR count). The third-order valence-electron chi connectivity index (χ3n) is 3.58. The van der Waals surface area contributed by atoms with Crippen molar-refractivity contribution in [3.63, 3.8) is 0 Å². The molecule has 0 atom stereocenters. The lowest BCUT2D eigenvalue weighted by molar-refractivity contribution is 0.0697. The van der Waals surface area contributed by atoms with Crippen molar-refractivity contribution >= 4 is 22.7 Å². The number of anilines is 1. The molecular formula is C14H15N3O2. The number of nitrogens with one attached hydrogen (secondary N) is 1. The summed E-state index contributed by atoms with van der Waals surface area (Å²) in [5.41, 5.74) is 0.911. The number of aromatic carboxylic acids is 1. The van der Waals surface area contributed by atoms with Gasteiger partial charge in [0.15, 0.2) is 0 Å². The van der Waals surface area contributed by atoms with Crippen molar-refractivity contribution in [1.82, 2.24) is 9.97 Å². The number of hydrogen-bond donors (Lipinski definition) is 2. The first-order valence-electron chi connectivity index (χ1n) is 6.48. The van der Waals surface area contributed by atoms with E-state index in [2.05, 4.69) is 15.3 Å². The summed E-state index contributed by atoms with van der Waals surface area (Å²) in [6.45, 7) is 0. The number of carbonyl (C=O) groups is 1. The zero-order chi connectivity index (χ0) is 13.2. The van der Waals surface area contributed by atoms with Crippen molar-refractivity contribution in [3.05, 3.63) is 30.1 Å². The second kappa shape index (κ2) is 4.84. The van der Waals surface area contributed by atoms with Gasteiger partial charge < -0.3 is 10.4 Å². The molecule has 0 unspecified atom stereocenters. The van der Waals surface area contributed by atoms with Gasteiger partial charge in [0, 0.05) is 11.4 Å². The summed E-state index contributed by atoms with van der Waals surface area (Å²) >= 11 is 0. The number of aromatic nitrogens is 2. The standard InChI is InChI=1S/C14H15N3O2/c18-14(19)9-5-6-11-12(7-9)15-8-16-13(11)17-10-3-1-2-4-10/h5-8,10H,1-4H2,(H,18,19)(H,15,16,17). The number of carboxylic acid groups (broad SMARTS) is 1. The van der Waals surface area contributed by atoms with E-state index >= 15 is 0 Å². The molecule has 0 spiro atoms. The highest BCUT2D eigenvalue weighted by Gasteiger charge is 2.16. The monoisotopic (exact) mass is 257 g/mol. The highest BCUT2D eigenvalue weighted by molar-refractivity contribution is 5.96. The molecule has 1 aromatic heterocycles. The van der Waals surface area contributed by atoms with Crippen LogP contribution in [0, 0.1) is 0 Å². The first-order chi connectivity index (χ1) is 9.24. The van der Waals surface area contributed by atoms with Crippen LogP contribution in [-0.2, 0) is 0 Å². The minimum absolute atomic E-state index is 0.248. The van der Waals surface area contributed by atoms with Crippen LogP contribution in [0.2, 0.25) is 0 Å². The van der Waals surface area contributed by atoms with Gasteiger partial charge >= 0.3 is 5.97 Å². The molecule has 5 heteroatoms. The normalized spacial score (nSPS) is 15.8. The molecule has 1 fully saturated rings. The maximum Gasteiger partial charge on any atom is 0.335 e. The third kappa shape index (κ3) is 2.36. The topological polar surface area (TPSA) is 75.1 Å². The van der Waals surface area contributed by atoms with Crippen LogP contribution in [0.5, 0.6) is 0 Å². The van der Waals surface area contributed by atoms with Gasteiger partial charge in [0.05, 0.1) is 11.1 Å². The summed E-state index contributed by atoms with van der Waals surface area (Å²) in [6, 6.07) is 5.42. The van der Waals surface area contributed by atoms with Crippen LogP contribution in [0.1, 0.15) is 36.0 Å². The smallest absolute Gasteiger partial charge is 0.335 e. The lowest BCUT2D eigenvalue weighted by Gasteiger charge is -2.14. The molecule has 5 nitrogen and oxygen atoms in total.